The molecule has 0 aromatic carbocycles. The first-order valence-corrected chi connectivity index (χ1v) is 7.36. The van der Waals surface area contributed by atoms with Gasteiger partial charge in [-0.2, -0.15) is 0 Å². The van der Waals surface area contributed by atoms with Gasteiger partial charge < -0.3 is 24.7 Å². The van der Waals surface area contributed by atoms with Crippen molar-refractivity contribution in [3.8, 4) is 0 Å². The van der Waals surface area contributed by atoms with Crippen LogP contribution in [0.25, 0.3) is 0 Å². The fourth-order valence-corrected chi connectivity index (χ4v) is 3.33. The molecule has 1 aliphatic heterocycles. The SMILES string of the molecule is COC1CC(C(=O)O)N(C(=O)N(C)CC2(O)CCCC2)C1. The molecule has 2 rings (SSSR count). The summed E-state index contributed by atoms with van der Waals surface area (Å²) in [4.78, 5) is 26.5. The quantitative estimate of drug-likeness (QED) is 0.790. The van der Waals surface area contributed by atoms with E-state index in [1.165, 1.54) is 16.9 Å². The lowest BCUT2D eigenvalue weighted by Gasteiger charge is -2.32. The van der Waals surface area contributed by atoms with Crippen LogP contribution in [-0.4, -0.2) is 77.0 Å². The predicted molar refractivity (Wildman–Crippen MR) is 75.0 cm³/mol. The highest BCUT2D eigenvalue weighted by molar-refractivity contribution is 5.83. The van der Waals surface area contributed by atoms with Crippen LogP contribution in [0.1, 0.15) is 32.1 Å². The molecule has 2 N–H and O–H groups in total. The topological polar surface area (TPSA) is 90.3 Å². The molecule has 2 fully saturated rings. The Labute approximate surface area is 124 Å². The van der Waals surface area contributed by atoms with Gasteiger partial charge in [0.1, 0.15) is 6.04 Å². The van der Waals surface area contributed by atoms with Crippen LogP contribution in [0.2, 0.25) is 0 Å². The molecule has 1 heterocycles. The van der Waals surface area contributed by atoms with E-state index in [9.17, 15) is 19.8 Å². The van der Waals surface area contributed by atoms with E-state index in [2.05, 4.69) is 0 Å². The number of hydrogen-bond acceptors (Lipinski definition) is 4. The molecule has 2 amide bonds. The van der Waals surface area contributed by atoms with E-state index in [0.29, 0.717) is 19.3 Å². The number of carboxylic acids is 1. The van der Waals surface area contributed by atoms with Crippen LogP contribution in [0, 0.1) is 0 Å². The van der Waals surface area contributed by atoms with Crippen molar-refractivity contribution >= 4 is 12.0 Å². The maximum Gasteiger partial charge on any atom is 0.326 e. The Morgan fingerprint density at radius 1 is 1.38 bits per heavy atom. The minimum atomic E-state index is -1.02. The summed E-state index contributed by atoms with van der Waals surface area (Å²) in [6.45, 7) is 0.515. The van der Waals surface area contributed by atoms with E-state index in [0.717, 1.165) is 12.8 Å². The standard InChI is InChI=1S/C14H24N2O5/c1-15(9-14(20)5-3-4-6-14)13(19)16-8-10(21-2)7-11(16)12(17)18/h10-11,20H,3-9H2,1-2H3,(H,17,18). The zero-order chi connectivity index (χ0) is 15.6. The number of likely N-dealkylation sites (tertiary alicyclic amines) is 1. The fourth-order valence-electron chi connectivity index (χ4n) is 3.33. The molecular formula is C14H24N2O5. The van der Waals surface area contributed by atoms with Crippen molar-refractivity contribution < 1.29 is 24.5 Å². The number of aliphatic hydroxyl groups is 1. The maximum absolute atomic E-state index is 12.5. The summed E-state index contributed by atoms with van der Waals surface area (Å²) < 4.78 is 5.18. The van der Waals surface area contributed by atoms with Gasteiger partial charge >= 0.3 is 12.0 Å². The number of amides is 2. The van der Waals surface area contributed by atoms with Crippen molar-refractivity contribution in [3.05, 3.63) is 0 Å². The largest absolute Gasteiger partial charge is 0.480 e. The molecule has 1 saturated heterocycles. The van der Waals surface area contributed by atoms with Gasteiger partial charge in [-0.25, -0.2) is 9.59 Å². The van der Waals surface area contributed by atoms with Crippen molar-refractivity contribution in [2.45, 2.75) is 49.9 Å². The van der Waals surface area contributed by atoms with Crippen molar-refractivity contribution in [1.82, 2.24) is 9.80 Å². The summed E-state index contributed by atoms with van der Waals surface area (Å²) in [6, 6.07) is -1.22. The highest BCUT2D eigenvalue weighted by atomic mass is 16.5. The van der Waals surface area contributed by atoms with Crippen molar-refractivity contribution in [2.24, 2.45) is 0 Å². The molecule has 0 radical (unpaired) electrons. The number of likely N-dealkylation sites (N-methyl/N-ethyl adjacent to an activating group) is 1. The molecule has 2 unspecified atom stereocenters. The molecular weight excluding hydrogens is 276 g/mol. The third-order valence-corrected chi connectivity index (χ3v) is 4.52. The Bertz CT molecular complexity index is 408. The van der Waals surface area contributed by atoms with Crippen molar-refractivity contribution in [3.63, 3.8) is 0 Å². The zero-order valence-corrected chi connectivity index (χ0v) is 12.6. The van der Waals surface area contributed by atoms with Gasteiger partial charge in [-0.15, -0.1) is 0 Å². The molecule has 1 aliphatic carbocycles. The first kappa shape index (κ1) is 16.0. The number of methoxy groups -OCH3 is 1. The van der Waals surface area contributed by atoms with Crippen molar-refractivity contribution in [1.29, 1.82) is 0 Å². The first-order valence-electron chi connectivity index (χ1n) is 7.36. The monoisotopic (exact) mass is 300 g/mol. The van der Waals surface area contributed by atoms with Gasteiger partial charge in [0.15, 0.2) is 0 Å². The number of carboxylic acid groups (broad SMARTS) is 1. The Morgan fingerprint density at radius 2 is 2.00 bits per heavy atom. The minimum Gasteiger partial charge on any atom is -0.480 e. The summed E-state index contributed by atoms with van der Waals surface area (Å²) in [5.41, 5.74) is -0.830. The number of hydrogen-bond donors (Lipinski definition) is 2. The summed E-state index contributed by atoms with van der Waals surface area (Å²) in [6.07, 6.45) is 3.35. The number of ether oxygens (including phenoxy) is 1. The van der Waals surface area contributed by atoms with Gasteiger partial charge in [-0.3, -0.25) is 0 Å². The van der Waals surface area contributed by atoms with E-state index in [4.69, 9.17) is 4.74 Å². The molecule has 21 heavy (non-hydrogen) atoms. The highest BCUT2D eigenvalue weighted by Gasteiger charge is 2.42. The molecule has 0 aromatic rings. The lowest BCUT2D eigenvalue weighted by Crippen LogP contribution is -2.50. The van der Waals surface area contributed by atoms with Crippen LogP contribution >= 0.6 is 0 Å². The van der Waals surface area contributed by atoms with E-state index >= 15 is 0 Å². The Balaban J connectivity index is 2.01. The maximum atomic E-state index is 12.5. The van der Waals surface area contributed by atoms with Crippen LogP contribution < -0.4 is 0 Å². The molecule has 2 aliphatic rings. The number of aliphatic carboxylic acids is 1. The molecule has 7 nitrogen and oxygen atoms in total. The van der Waals surface area contributed by atoms with Gasteiger partial charge in [0.25, 0.3) is 0 Å². The number of carbonyl (C=O) groups excluding carboxylic acids is 1. The molecule has 120 valence electrons. The minimum absolute atomic E-state index is 0.242. The van der Waals surface area contributed by atoms with Gasteiger partial charge in [-0.05, 0) is 12.8 Å². The molecule has 2 atom stereocenters. The van der Waals surface area contributed by atoms with E-state index in [1.807, 2.05) is 0 Å². The van der Waals surface area contributed by atoms with Crippen LogP contribution in [-0.2, 0) is 9.53 Å². The molecule has 7 heteroatoms. The lowest BCUT2D eigenvalue weighted by atomic mass is 10.0. The number of carbonyl (C=O) groups is 2. The summed E-state index contributed by atoms with van der Waals surface area (Å²) >= 11 is 0. The van der Waals surface area contributed by atoms with Crippen molar-refractivity contribution in [2.75, 3.05) is 27.2 Å². The third kappa shape index (κ3) is 3.47. The molecule has 0 aromatic heterocycles. The van der Waals surface area contributed by atoms with E-state index in [1.54, 1.807) is 7.05 Å². The normalized spacial score (nSPS) is 27.9. The lowest BCUT2D eigenvalue weighted by molar-refractivity contribution is -0.141. The summed E-state index contributed by atoms with van der Waals surface area (Å²) in [7, 11) is 3.13. The second kappa shape index (κ2) is 6.19. The Kier molecular flexibility index (Phi) is 4.73. The van der Waals surface area contributed by atoms with Crippen LogP contribution in [0.5, 0.6) is 0 Å². The Morgan fingerprint density at radius 3 is 2.52 bits per heavy atom. The fraction of sp³-hybridized carbons (Fsp3) is 0.857. The van der Waals surface area contributed by atoms with Crippen LogP contribution in [0.15, 0.2) is 0 Å². The number of rotatable bonds is 4. The van der Waals surface area contributed by atoms with Crippen LogP contribution in [0.4, 0.5) is 4.79 Å². The second-order valence-electron chi connectivity index (χ2n) is 6.17. The predicted octanol–water partition coefficient (Wildman–Crippen LogP) is 0.517. The van der Waals surface area contributed by atoms with E-state index in [-0.39, 0.29) is 25.2 Å². The summed E-state index contributed by atoms with van der Waals surface area (Å²) in [5, 5.41) is 19.6. The number of nitrogens with zero attached hydrogens (tertiary/aromatic N) is 2. The average molecular weight is 300 g/mol. The number of urea groups is 1. The van der Waals surface area contributed by atoms with E-state index < -0.39 is 17.6 Å². The van der Waals surface area contributed by atoms with Gasteiger partial charge in [0.2, 0.25) is 0 Å². The van der Waals surface area contributed by atoms with Gasteiger partial charge in [0.05, 0.1) is 18.2 Å². The molecule has 1 saturated carbocycles. The molecule has 0 spiro atoms. The smallest absolute Gasteiger partial charge is 0.326 e. The highest BCUT2D eigenvalue weighted by Crippen LogP contribution is 2.30. The third-order valence-electron chi connectivity index (χ3n) is 4.52. The van der Waals surface area contributed by atoms with Crippen LogP contribution in [0.3, 0.4) is 0 Å². The summed E-state index contributed by atoms with van der Waals surface area (Å²) in [5.74, 6) is -1.02. The average Bonchev–Trinajstić information content (AvgIpc) is 3.04. The Hall–Kier alpha value is -1.34. The van der Waals surface area contributed by atoms with Gasteiger partial charge in [-0.1, -0.05) is 12.8 Å². The first-order chi connectivity index (χ1) is 9.86. The molecule has 0 bridgehead atoms. The second-order valence-corrected chi connectivity index (χ2v) is 6.17. The van der Waals surface area contributed by atoms with Gasteiger partial charge in [0, 0.05) is 27.1 Å². The zero-order valence-electron chi connectivity index (χ0n) is 12.6.